The van der Waals surface area contributed by atoms with Crippen LogP contribution in [-0.2, 0) is 30.3 Å². The van der Waals surface area contributed by atoms with Crippen molar-refractivity contribution in [1.82, 2.24) is 5.32 Å². The van der Waals surface area contributed by atoms with Gasteiger partial charge in [-0.2, -0.15) is 0 Å². The summed E-state index contributed by atoms with van der Waals surface area (Å²) in [5.74, 6) is -3.16. The molecule has 10 nitrogen and oxygen atoms in total. The summed E-state index contributed by atoms with van der Waals surface area (Å²) in [4.78, 5) is 50.7. The van der Waals surface area contributed by atoms with E-state index in [1.165, 1.54) is 12.1 Å². The van der Waals surface area contributed by atoms with Crippen LogP contribution in [0.25, 0.3) is 0 Å². The van der Waals surface area contributed by atoms with Crippen molar-refractivity contribution in [3.8, 4) is 11.5 Å². The van der Waals surface area contributed by atoms with Gasteiger partial charge in [0.2, 0.25) is 0 Å². The van der Waals surface area contributed by atoms with Crippen molar-refractivity contribution in [1.29, 1.82) is 0 Å². The van der Waals surface area contributed by atoms with E-state index in [2.05, 4.69) is 5.32 Å². The summed E-state index contributed by atoms with van der Waals surface area (Å²) in [6, 6.07) is 4.09. The average Bonchev–Trinajstić information content (AvgIpc) is 2.88. The molecule has 3 unspecified atom stereocenters. The fourth-order valence-corrected chi connectivity index (χ4v) is 3.88. The van der Waals surface area contributed by atoms with Gasteiger partial charge in [0.1, 0.15) is 0 Å². The van der Waals surface area contributed by atoms with Crippen LogP contribution >= 0.6 is 0 Å². The summed E-state index contributed by atoms with van der Waals surface area (Å²) in [6.45, 7) is 16.7. The van der Waals surface area contributed by atoms with Gasteiger partial charge in [0, 0.05) is 12.5 Å². The second-order valence-corrected chi connectivity index (χ2v) is 12.0. The molecule has 0 spiro atoms. The van der Waals surface area contributed by atoms with Gasteiger partial charge in [-0.05, 0) is 49.3 Å². The monoisotopic (exact) mass is 579 g/mol. The molecular weight excluding hydrogens is 530 g/mol. The first-order chi connectivity index (χ1) is 19.1. The lowest BCUT2D eigenvalue weighted by Crippen LogP contribution is -2.59. The Morgan fingerprint density at radius 2 is 1.41 bits per heavy atom. The van der Waals surface area contributed by atoms with Crippen molar-refractivity contribution >= 4 is 24.1 Å². The van der Waals surface area contributed by atoms with E-state index in [-0.39, 0.29) is 41.9 Å². The summed E-state index contributed by atoms with van der Waals surface area (Å²) >= 11 is 0. The van der Waals surface area contributed by atoms with Crippen molar-refractivity contribution in [2.75, 3.05) is 6.61 Å². The van der Waals surface area contributed by atoms with Crippen LogP contribution in [0.1, 0.15) is 100.0 Å². The second-order valence-electron chi connectivity index (χ2n) is 12.0. The van der Waals surface area contributed by atoms with Crippen LogP contribution in [0.2, 0.25) is 0 Å². The quantitative estimate of drug-likeness (QED) is 0.131. The molecule has 1 rings (SSSR count). The highest BCUT2D eigenvalue weighted by atomic mass is 16.7. The molecule has 0 saturated carbocycles. The zero-order chi connectivity index (χ0) is 31.4. The Bertz CT molecular complexity index is 1030. The zero-order valence-electron chi connectivity index (χ0n) is 26.1. The number of carboxylic acids is 1. The molecule has 1 aromatic carbocycles. The summed E-state index contributed by atoms with van der Waals surface area (Å²) in [7, 11) is 0. The maximum absolute atomic E-state index is 12.8. The summed E-state index contributed by atoms with van der Waals surface area (Å²) < 4.78 is 21.9. The smallest absolute Gasteiger partial charge is 0.477 e. The predicted octanol–water partition coefficient (Wildman–Crippen LogP) is 6.28. The van der Waals surface area contributed by atoms with Crippen LogP contribution in [-0.4, -0.2) is 47.5 Å². The molecule has 2 N–H and O–H groups in total. The minimum absolute atomic E-state index is 0.0226. The van der Waals surface area contributed by atoms with E-state index in [0.717, 1.165) is 12.8 Å². The number of aliphatic carboxylic acids is 1. The van der Waals surface area contributed by atoms with Crippen molar-refractivity contribution in [2.45, 2.75) is 113 Å². The topological polar surface area (TPSA) is 137 Å². The highest BCUT2D eigenvalue weighted by Crippen LogP contribution is 2.32. The van der Waals surface area contributed by atoms with Gasteiger partial charge in [0.05, 0.1) is 18.4 Å². The Balaban J connectivity index is 3.49. The van der Waals surface area contributed by atoms with E-state index in [1.54, 1.807) is 26.8 Å². The van der Waals surface area contributed by atoms with E-state index >= 15 is 0 Å². The lowest BCUT2D eigenvalue weighted by molar-refractivity contribution is -0.167. The first-order valence-corrected chi connectivity index (χ1v) is 14.5. The van der Waals surface area contributed by atoms with E-state index in [1.807, 2.05) is 41.5 Å². The predicted molar refractivity (Wildman–Crippen MR) is 155 cm³/mol. The molecule has 1 aromatic rings. The number of carboxylic acid groups (broad SMARTS) is 1. The molecule has 0 fully saturated rings. The van der Waals surface area contributed by atoms with Crippen LogP contribution in [0.15, 0.2) is 18.2 Å². The molecule has 0 bridgehead atoms. The Labute approximate surface area is 244 Å². The molecule has 0 aliphatic heterocycles. The van der Waals surface area contributed by atoms with Gasteiger partial charge in [-0.3, -0.25) is 14.9 Å². The fourth-order valence-electron chi connectivity index (χ4n) is 3.88. The molecule has 0 heterocycles. The third-order valence-electron chi connectivity index (χ3n) is 6.45. The Morgan fingerprint density at radius 3 is 1.88 bits per heavy atom. The number of benzene rings is 1. The lowest BCUT2D eigenvalue weighted by Gasteiger charge is -2.33. The first-order valence-electron chi connectivity index (χ1n) is 14.5. The largest absolute Gasteiger partial charge is 0.510 e. The molecule has 41 heavy (non-hydrogen) atoms. The standard InChI is InChI=1S/C31H49NO9/c1-10-13-20(4)26(33)39-24-16-15-23(17-25(24)40-27(34)21(5)14-11-2)18-31(28(35)36,32-22(6)12-3)41-29(37)38-19-30(7,8)9/h15-17,20-22,32H,10-14,18-19H2,1-9H3,(H,35,36)/t20?,21?,22?,31-/m0/s1. The van der Waals surface area contributed by atoms with Crippen molar-refractivity contribution in [3.63, 3.8) is 0 Å². The molecule has 0 aromatic heterocycles. The lowest BCUT2D eigenvalue weighted by atomic mass is 9.99. The fraction of sp³-hybridized carbons (Fsp3) is 0.677. The third kappa shape index (κ3) is 12.1. The van der Waals surface area contributed by atoms with Gasteiger partial charge >= 0.3 is 24.1 Å². The van der Waals surface area contributed by atoms with Gasteiger partial charge in [0.25, 0.3) is 5.72 Å². The van der Waals surface area contributed by atoms with Crippen LogP contribution in [0.4, 0.5) is 4.79 Å². The number of nitrogens with one attached hydrogen (secondary N) is 1. The summed E-state index contributed by atoms with van der Waals surface area (Å²) in [5.41, 5.74) is -2.18. The molecule has 0 aliphatic rings. The Morgan fingerprint density at radius 1 is 0.878 bits per heavy atom. The molecule has 0 aliphatic carbocycles. The number of hydrogen-bond donors (Lipinski definition) is 2. The van der Waals surface area contributed by atoms with Gasteiger partial charge in [-0.25, -0.2) is 9.59 Å². The van der Waals surface area contributed by atoms with Crippen LogP contribution < -0.4 is 14.8 Å². The van der Waals surface area contributed by atoms with Crippen molar-refractivity contribution in [2.24, 2.45) is 17.3 Å². The number of ether oxygens (including phenoxy) is 4. The van der Waals surface area contributed by atoms with E-state index in [9.17, 15) is 24.3 Å². The highest BCUT2D eigenvalue weighted by Gasteiger charge is 2.45. The normalized spacial score (nSPS) is 15.1. The number of rotatable bonds is 16. The first kappa shape index (κ1) is 35.9. The van der Waals surface area contributed by atoms with E-state index < -0.39 is 35.7 Å². The number of carbonyl (C=O) groups is 4. The van der Waals surface area contributed by atoms with Gasteiger partial charge < -0.3 is 24.1 Å². The van der Waals surface area contributed by atoms with E-state index in [4.69, 9.17) is 18.9 Å². The van der Waals surface area contributed by atoms with Crippen LogP contribution in [0, 0.1) is 17.3 Å². The average molecular weight is 580 g/mol. The van der Waals surface area contributed by atoms with Gasteiger partial charge in [-0.1, -0.05) is 74.3 Å². The minimum atomic E-state index is -2.19. The molecule has 232 valence electrons. The summed E-state index contributed by atoms with van der Waals surface area (Å²) in [5, 5.41) is 13.2. The van der Waals surface area contributed by atoms with Gasteiger partial charge in [0.15, 0.2) is 11.5 Å². The Hall–Kier alpha value is -3.14. The molecule has 0 saturated heterocycles. The summed E-state index contributed by atoms with van der Waals surface area (Å²) in [6.07, 6.45) is 1.90. The number of hydrogen-bond acceptors (Lipinski definition) is 9. The maximum atomic E-state index is 12.8. The second kappa shape index (κ2) is 16.3. The molecule has 10 heteroatoms. The van der Waals surface area contributed by atoms with Gasteiger partial charge in [-0.15, -0.1) is 0 Å². The zero-order valence-corrected chi connectivity index (χ0v) is 26.1. The van der Waals surface area contributed by atoms with Crippen molar-refractivity contribution in [3.05, 3.63) is 23.8 Å². The Kier molecular flexibility index (Phi) is 14.3. The van der Waals surface area contributed by atoms with E-state index in [0.29, 0.717) is 24.8 Å². The SMILES string of the molecule is CCCC(C)C(=O)Oc1ccc(C[C@](NC(C)CC)(OC(=O)OCC(C)(C)C)C(=O)O)cc1OC(=O)C(C)CCC. The van der Waals surface area contributed by atoms with Crippen molar-refractivity contribution < 1.29 is 43.2 Å². The number of carbonyl (C=O) groups excluding carboxylic acids is 3. The highest BCUT2D eigenvalue weighted by molar-refractivity contribution is 5.81. The maximum Gasteiger partial charge on any atom is 0.510 e. The molecule has 0 amide bonds. The number of esters is 2. The van der Waals surface area contributed by atoms with Crippen LogP contribution in [0.5, 0.6) is 11.5 Å². The molecular formula is C31H49NO9. The molecule has 4 atom stereocenters. The third-order valence-corrected chi connectivity index (χ3v) is 6.45. The minimum Gasteiger partial charge on any atom is -0.477 e. The molecule has 0 radical (unpaired) electrons. The van der Waals surface area contributed by atoms with Crippen LogP contribution in [0.3, 0.4) is 0 Å².